The monoisotopic (exact) mass is 490 g/mol. The molecule has 4 rings (SSSR count). The lowest BCUT2D eigenvalue weighted by molar-refractivity contribution is 0.416. The number of thioether (sulfide) groups is 1. The second-order valence-electron chi connectivity index (χ2n) is 6.12. The number of nitrogens with zero attached hydrogens (tertiary/aromatic N) is 4. The molecule has 0 bridgehead atoms. The van der Waals surface area contributed by atoms with E-state index in [-0.39, 0.29) is 5.82 Å². The Balaban J connectivity index is 1.52. The largest absolute Gasteiger partial charge is 0.496 e. The predicted octanol–water partition coefficient (Wildman–Crippen LogP) is 5.81. The van der Waals surface area contributed by atoms with E-state index in [9.17, 15) is 4.39 Å². The van der Waals surface area contributed by atoms with Crippen LogP contribution in [0.3, 0.4) is 0 Å². The summed E-state index contributed by atoms with van der Waals surface area (Å²) in [7, 11) is 3.49. The second-order valence-corrected chi connectivity index (χ2v) is 8.84. The molecule has 0 fully saturated rings. The van der Waals surface area contributed by atoms with E-state index in [2.05, 4.69) is 26.1 Å². The molecule has 0 spiro atoms. The van der Waals surface area contributed by atoms with Crippen molar-refractivity contribution in [2.75, 3.05) is 7.11 Å². The topological polar surface area (TPSA) is 52.8 Å². The normalized spacial score (nSPS) is 11.0. The minimum absolute atomic E-state index is 0.313. The lowest BCUT2D eigenvalue weighted by Crippen LogP contribution is -1.96. The third-order valence-corrected chi connectivity index (χ3v) is 6.71. The zero-order valence-corrected chi connectivity index (χ0v) is 18.8. The van der Waals surface area contributed by atoms with Gasteiger partial charge < -0.3 is 9.30 Å². The first-order valence-corrected chi connectivity index (χ1v) is 11.3. The highest BCUT2D eigenvalue weighted by Crippen LogP contribution is 2.35. The third-order valence-electron chi connectivity index (χ3n) is 4.24. The van der Waals surface area contributed by atoms with Crippen LogP contribution in [0.2, 0.25) is 0 Å². The predicted molar refractivity (Wildman–Crippen MR) is 118 cm³/mol. The average molecular weight is 491 g/mol. The molecule has 2 heterocycles. The van der Waals surface area contributed by atoms with Crippen molar-refractivity contribution in [3.8, 4) is 27.7 Å². The van der Waals surface area contributed by atoms with Gasteiger partial charge in [0, 0.05) is 22.7 Å². The zero-order valence-electron chi connectivity index (χ0n) is 15.6. The zero-order chi connectivity index (χ0) is 20.4. The van der Waals surface area contributed by atoms with Crippen LogP contribution < -0.4 is 4.74 Å². The van der Waals surface area contributed by atoms with Crippen molar-refractivity contribution >= 4 is 39.0 Å². The van der Waals surface area contributed by atoms with Gasteiger partial charge in [0.25, 0.3) is 0 Å². The molecule has 0 unspecified atom stereocenters. The number of thiazole rings is 1. The number of hydrogen-bond acceptors (Lipinski definition) is 6. The van der Waals surface area contributed by atoms with Crippen LogP contribution in [0.4, 0.5) is 4.39 Å². The second kappa shape index (κ2) is 8.64. The van der Waals surface area contributed by atoms with Gasteiger partial charge in [-0.15, -0.1) is 21.5 Å². The number of aromatic nitrogens is 4. The Bertz CT molecular complexity index is 1160. The Morgan fingerprint density at radius 3 is 2.79 bits per heavy atom. The molecule has 0 N–H and O–H groups in total. The summed E-state index contributed by atoms with van der Waals surface area (Å²) >= 11 is 6.58. The highest BCUT2D eigenvalue weighted by atomic mass is 79.9. The first-order chi connectivity index (χ1) is 14.1. The molecular formula is C20H16BrFN4OS2. The first kappa shape index (κ1) is 20.1. The van der Waals surface area contributed by atoms with E-state index in [1.165, 1.54) is 17.8 Å². The fourth-order valence-electron chi connectivity index (χ4n) is 2.80. The summed E-state index contributed by atoms with van der Waals surface area (Å²) in [6.07, 6.45) is 0. The van der Waals surface area contributed by atoms with E-state index in [1.807, 2.05) is 30.6 Å². The summed E-state index contributed by atoms with van der Waals surface area (Å²) in [5.41, 5.74) is 2.32. The van der Waals surface area contributed by atoms with Crippen molar-refractivity contribution in [1.82, 2.24) is 19.7 Å². The summed E-state index contributed by atoms with van der Waals surface area (Å²) in [4.78, 5) is 4.73. The molecule has 0 aliphatic heterocycles. The maximum Gasteiger partial charge on any atom is 0.191 e. The number of halogens is 2. The quantitative estimate of drug-likeness (QED) is 0.319. The van der Waals surface area contributed by atoms with Crippen LogP contribution in [0, 0.1) is 5.82 Å². The van der Waals surface area contributed by atoms with Gasteiger partial charge in [-0.3, -0.25) is 0 Å². The Kier molecular flexibility index (Phi) is 5.98. The van der Waals surface area contributed by atoms with Crippen LogP contribution >= 0.6 is 39.0 Å². The Morgan fingerprint density at radius 2 is 2.00 bits per heavy atom. The molecule has 148 valence electrons. The Morgan fingerprint density at radius 1 is 1.17 bits per heavy atom. The van der Waals surface area contributed by atoms with Crippen LogP contribution in [-0.2, 0) is 12.8 Å². The fourth-order valence-corrected chi connectivity index (χ4v) is 4.91. The maximum absolute atomic E-state index is 14.1. The number of hydrogen-bond donors (Lipinski definition) is 0. The molecule has 2 aromatic heterocycles. The van der Waals surface area contributed by atoms with E-state index in [4.69, 9.17) is 9.72 Å². The molecule has 0 saturated heterocycles. The number of ether oxygens (including phenoxy) is 1. The molecule has 5 nitrogen and oxygen atoms in total. The molecule has 4 aromatic rings. The molecular weight excluding hydrogens is 475 g/mol. The lowest BCUT2D eigenvalue weighted by Gasteiger charge is -2.06. The van der Waals surface area contributed by atoms with Gasteiger partial charge >= 0.3 is 0 Å². The van der Waals surface area contributed by atoms with Gasteiger partial charge in [-0.2, -0.15) is 0 Å². The third kappa shape index (κ3) is 4.22. The van der Waals surface area contributed by atoms with Crippen molar-refractivity contribution in [2.24, 2.45) is 7.05 Å². The van der Waals surface area contributed by atoms with E-state index in [1.54, 1.807) is 41.2 Å². The fraction of sp³-hybridized carbons (Fsp3) is 0.150. The van der Waals surface area contributed by atoms with Gasteiger partial charge in [0.05, 0.1) is 23.9 Å². The van der Waals surface area contributed by atoms with Crippen LogP contribution in [0.1, 0.15) is 5.69 Å². The van der Waals surface area contributed by atoms with E-state index in [0.29, 0.717) is 22.3 Å². The highest BCUT2D eigenvalue weighted by Gasteiger charge is 2.16. The Hall–Kier alpha value is -2.23. The summed E-state index contributed by atoms with van der Waals surface area (Å²) in [6, 6.07) is 12.4. The molecule has 9 heteroatoms. The van der Waals surface area contributed by atoms with Crippen molar-refractivity contribution in [1.29, 1.82) is 0 Å². The minimum atomic E-state index is -0.313. The minimum Gasteiger partial charge on any atom is -0.496 e. The molecule has 2 aromatic carbocycles. The molecule has 0 aliphatic carbocycles. The average Bonchev–Trinajstić information content (AvgIpc) is 3.34. The van der Waals surface area contributed by atoms with Crippen LogP contribution in [0.5, 0.6) is 5.75 Å². The molecule has 0 atom stereocenters. The standard InChI is InChI=1S/C20H16BrFN4OS2/c1-26-18(14-5-3-4-6-16(14)22)24-25-20(26)29-11-13-10-28-19(23-13)15-9-12(21)7-8-17(15)27-2/h3-10H,11H2,1-2H3. The van der Waals surface area contributed by atoms with Gasteiger partial charge in [0.1, 0.15) is 16.6 Å². The highest BCUT2D eigenvalue weighted by molar-refractivity contribution is 9.10. The summed E-state index contributed by atoms with van der Waals surface area (Å²) < 4.78 is 22.3. The number of methoxy groups -OCH3 is 1. The van der Waals surface area contributed by atoms with Gasteiger partial charge in [-0.1, -0.05) is 39.8 Å². The van der Waals surface area contributed by atoms with Gasteiger partial charge in [-0.25, -0.2) is 9.37 Å². The van der Waals surface area contributed by atoms with Crippen LogP contribution in [0.25, 0.3) is 22.0 Å². The molecule has 0 radical (unpaired) electrons. The molecule has 0 aliphatic rings. The lowest BCUT2D eigenvalue weighted by atomic mass is 10.2. The summed E-state index contributed by atoms with van der Waals surface area (Å²) in [5, 5.41) is 12.0. The van der Waals surface area contributed by atoms with Crippen molar-refractivity contribution in [3.05, 3.63) is 63.8 Å². The first-order valence-electron chi connectivity index (χ1n) is 8.62. The van der Waals surface area contributed by atoms with Crippen LogP contribution in [-0.4, -0.2) is 26.9 Å². The molecule has 29 heavy (non-hydrogen) atoms. The van der Waals surface area contributed by atoms with Gasteiger partial charge in [-0.05, 0) is 30.3 Å². The maximum atomic E-state index is 14.1. The van der Waals surface area contributed by atoms with E-state index >= 15 is 0 Å². The van der Waals surface area contributed by atoms with E-state index < -0.39 is 0 Å². The van der Waals surface area contributed by atoms with Gasteiger partial charge in [0.15, 0.2) is 11.0 Å². The number of rotatable bonds is 6. The number of benzene rings is 2. The van der Waals surface area contributed by atoms with Gasteiger partial charge in [0.2, 0.25) is 0 Å². The smallest absolute Gasteiger partial charge is 0.191 e. The molecule has 0 saturated carbocycles. The van der Waals surface area contributed by atoms with E-state index in [0.717, 1.165) is 26.5 Å². The molecule has 0 amide bonds. The van der Waals surface area contributed by atoms with Crippen molar-refractivity contribution in [2.45, 2.75) is 10.9 Å². The van der Waals surface area contributed by atoms with Crippen LogP contribution in [0.15, 0.2) is 57.5 Å². The SMILES string of the molecule is COc1ccc(Br)cc1-c1nc(CSc2nnc(-c3ccccc3F)n2C)cs1. The van der Waals surface area contributed by atoms with Crippen molar-refractivity contribution < 1.29 is 9.13 Å². The Labute approximate surface area is 184 Å². The summed E-state index contributed by atoms with van der Waals surface area (Å²) in [6.45, 7) is 0. The summed E-state index contributed by atoms with van der Waals surface area (Å²) in [5.74, 6) is 1.61. The van der Waals surface area contributed by atoms with Crippen molar-refractivity contribution in [3.63, 3.8) is 0 Å².